The second-order valence-electron chi connectivity index (χ2n) is 7.10. The zero-order valence-electron chi connectivity index (χ0n) is 16.1. The molecule has 2 N–H and O–H groups in total. The third-order valence-corrected chi connectivity index (χ3v) is 7.26. The van der Waals surface area contributed by atoms with Crippen LogP contribution in [-0.2, 0) is 16.6 Å². The van der Waals surface area contributed by atoms with Crippen molar-refractivity contribution in [2.45, 2.75) is 24.3 Å². The molecular weight excluding hydrogens is 424 g/mol. The summed E-state index contributed by atoms with van der Waals surface area (Å²) in [6.45, 7) is 1.41. The number of halogens is 1. The van der Waals surface area contributed by atoms with Gasteiger partial charge in [-0.05, 0) is 42.7 Å². The first kappa shape index (κ1) is 20.6. The molecule has 156 valence electrons. The van der Waals surface area contributed by atoms with Crippen LogP contribution in [-0.4, -0.2) is 41.9 Å². The average Bonchev–Trinajstić information content (AvgIpc) is 3.45. The molecule has 0 aliphatic carbocycles. The Kier molecular flexibility index (Phi) is 5.90. The first-order chi connectivity index (χ1) is 14.4. The summed E-state index contributed by atoms with van der Waals surface area (Å²) in [5.41, 5.74) is 2.64. The highest BCUT2D eigenvalue weighted by Gasteiger charge is 2.26. The molecule has 0 bridgehead atoms. The minimum atomic E-state index is -3.44. The standard InChI is InChI=1S/C21H21ClN4O3S/c22-17-7-5-16(6-8-17)20-19(14-24-25-20)21(27)23-13-15-3-9-18(10-4-15)30(28,29)26-11-1-2-12-26/h3-10,14H,1-2,11-13H2,(H,23,27)(H,24,25). The molecule has 0 atom stereocenters. The monoisotopic (exact) mass is 444 g/mol. The van der Waals surface area contributed by atoms with Crippen LogP contribution in [0.25, 0.3) is 11.3 Å². The Bertz CT molecular complexity index is 1140. The molecule has 9 heteroatoms. The summed E-state index contributed by atoms with van der Waals surface area (Å²) in [4.78, 5) is 12.9. The molecule has 2 aromatic carbocycles. The number of nitrogens with one attached hydrogen (secondary N) is 2. The summed E-state index contributed by atoms with van der Waals surface area (Å²) < 4.78 is 26.7. The van der Waals surface area contributed by atoms with Crippen molar-refractivity contribution >= 4 is 27.5 Å². The number of benzene rings is 2. The molecule has 1 fully saturated rings. The van der Waals surface area contributed by atoms with Gasteiger partial charge >= 0.3 is 0 Å². The Morgan fingerprint density at radius 1 is 1.07 bits per heavy atom. The topological polar surface area (TPSA) is 95.2 Å². The van der Waals surface area contributed by atoms with E-state index in [1.165, 1.54) is 10.5 Å². The van der Waals surface area contributed by atoms with Gasteiger partial charge in [-0.15, -0.1) is 0 Å². The molecule has 1 aliphatic rings. The van der Waals surface area contributed by atoms with Gasteiger partial charge in [0.15, 0.2) is 0 Å². The van der Waals surface area contributed by atoms with Gasteiger partial charge in [-0.3, -0.25) is 9.89 Å². The fourth-order valence-electron chi connectivity index (χ4n) is 3.43. The molecule has 3 aromatic rings. The van der Waals surface area contributed by atoms with Crippen molar-refractivity contribution in [2.75, 3.05) is 13.1 Å². The van der Waals surface area contributed by atoms with E-state index in [9.17, 15) is 13.2 Å². The molecule has 1 saturated heterocycles. The number of H-pyrrole nitrogens is 1. The Labute approximate surface area is 180 Å². The Balaban J connectivity index is 1.42. The first-order valence-electron chi connectivity index (χ1n) is 9.62. The predicted octanol–water partition coefficient (Wildman–Crippen LogP) is 3.44. The third-order valence-electron chi connectivity index (χ3n) is 5.10. The maximum Gasteiger partial charge on any atom is 0.255 e. The number of aromatic amines is 1. The van der Waals surface area contributed by atoms with E-state index >= 15 is 0 Å². The SMILES string of the molecule is O=C(NCc1ccc(S(=O)(=O)N2CCCC2)cc1)c1cn[nH]c1-c1ccc(Cl)cc1. The van der Waals surface area contributed by atoms with E-state index in [2.05, 4.69) is 15.5 Å². The summed E-state index contributed by atoms with van der Waals surface area (Å²) in [6.07, 6.45) is 3.27. The van der Waals surface area contributed by atoms with Crippen molar-refractivity contribution in [2.24, 2.45) is 0 Å². The Morgan fingerprint density at radius 3 is 2.40 bits per heavy atom. The zero-order chi connectivity index (χ0) is 21.1. The number of hydrogen-bond acceptors (Lipinski definition) is 4. The van der Waals surface area contributed by atoms with Crippen molar-refractivity contribution < 1.29 is 13.2 Å². The average molecular weight is 445 g/mol. The number of carbonyl (C=O) groups excluding carboxylic acids is 1. The number of amides is 1. The van der Waals surface area contributed by atoms with Crippen LogP contribution < -0.4 is 5.32 Å². The van der Waals surface area contributed by atoms with Crippen LogP contribution in [0.15, 0.2) is 59.6 Å². The van der Waals surface area contributed by atoms with E-state index in [-0.39, 0.29) is 17.3 Å². The fraction of sp³-hybridized carbons (Fsp3) is 0.238. The number of sulfonamides is 1. The maximum absolute atomic E-state index is 12.6. The van der Waals surface area contributed by atoms with E-state index in [1.807, 2.05) is 12.1 Å². The van der Waals surface area contributed by atoms with E-state index < -0.39 is 10.0 Å². The van der Waals surface area contributed by atoms with Crippen molar-refractivity contribution in [3.8, 4) is 11.3 Å². The number of hydrogen-bond donors (Lipinski definition) is 2. The quantitative estimate of drug-likeness (QED) is 0.608. The summed E-state index contributed by atoms with van der Waals surface area (Å²) in [5, 5.41) is 10.3. The van der Waals surface area contributed by atoms with Gasteiger partial charge in [-0.25, -0.2) is 8.42 Å². The van der Waals surface area contributed by atoms with Gasteiger partial charge in [-0.2, -0.15) is 9.40 Å². The van der Waals surface area contributed by atoms with Crippen molar-refractivity contribution in [1.29, 1.82) is 0 Å². The van der Waals surface area contributed by atoms with Crippen molar-refractivity contribution in [1.82, 2.24) is 19.8 Å². The minimum Gasteiger partial charge on any atom is -0.348 e. The highest BCUT2D eigenvalue weighted by Crippen LogP contribution is 2.23. The molecule has 1 aliphatic heterocycles. The van der Waals surface area contributed by atoms with Crippen LogP contribution in [0, 0.1) is 0 Å². The normalized spacial score (nSPS) is 14.7. The zero-order valence-corrected chi connectivity index (χ0v) is 17.7. The van der Waals surface area contributed by atoms with E-state index in [0.717, 1.165) is 24.0 Å². The molecule has 1 amide bonds. The van der Waals surface area contributed by atoms with Crippen LogP contribution in [0.4, 0.5) is 0 Å². The Hall–Kier alpha value is -2.68. The first-order valence-corrected chi connectivity index (χ1v) is 11.4. The molecule has 0 saturated carbocycles. The van der Waals surface area contributed by atoms with Gasteiger partial charge in [0.25, 0.3) is 5.91 Å². The number of aromatic nitrogens is 2. The summed E-state index contributed by atoms with van der Waals surface area (Å²) in [6, 6.07) is 13.7. The molecule has 4 rings (SSSR count). The van der Waals surface area contributed by atoms with Gasteiger partial charge in [0, 0.05) is 30.2 Å². The van der Waals surface area contributed by atoms with Crippen LogP contribution >= 0.6 is 11.6 Å². The maximum atomic E-state index is 12.6. The molecule has 7 nitrogen and oxygen atoms in total. The number of nitrogens with zero attached hydrogens (tertiary/aromatic N) is 2. The van der Waals surface area contributed by atoms with E-state index in [0.29, 0.717) is 29.4 Å². The van der Waals surface area contributed by atoms with Crippen molar-refractivity contribution in [3.63, 3.8) is 0 Å². The summed E-state index contributed by atoms with van der Waals surface area (Å²) in [7, 11) is -3.44. The van der Waals surface area contributed by atoms with E-state index in [1.54, 1.807) is 36.4 Å². The Morgan fingerprint density at radius 2 is 1.73 bits per heavy atom. The van der Waals surface area contributed by atoms with Gasteiger partial charge < -0.3 is 5.32 Å². The van der Waals surface area contributed by atoms with Crippen LogP contribution in [0.1, 0.15) is 28.8 Å². The van der Waals surface area contributed by atoms with Gasteiger partial charge in [0.05, 0.1) is 22.3 Å². The molecule has 0 radical (unpaired) electrons. The molecule has 0 spiro atoms. The van der Waals surface area contributed by atoms with E-state index in [4.69, 9.17) is 11.6 Å². The summed E-state index contributed by atoms with van der Waals surface area (Å²) >= 11 is 5.92. The van der Waals surface area contributed by atoms with Crippen LogP contribution in [0.3, 0.4) is 0 Å². The largest absolute Gasteiger partial charge is 0.348 e. The lowest BCUT2D eigenvalue weighted by Gasteiger charge is -2.15. The minimum absolute atomic E-state index is 0.272. The molecule has 0 unspecified atom stereocenters. The molecule has 1 aromatic heterocycles. The summed E-state index contributed by atoms with van der Waals surface area (Å²) in [5.74, 6) is -0.275. The van der Waals surface area contributed by atoms with Crippen LogP contribution in [0.5, 0.6) is 0 Å². The highest BCUT2D eigenvalue weighted by atomic mass is 35.5. The van der Waals surface area contributed by atoms with Crippen molar-refractivity contribution in [3.05, 3.63) is 70.9 Å². The number of rotatable bonds is 6. The second kappa shape index (κ2) is 8.59. The van der Waals surface area contributed by atoms with Gasteiger partial charge in [-0.1, -0.05) is 35.9 Å². The van der Waals surface area contributed by atoms with Gasteiger partial charge in [0.1, 0.15) is 0 Å². The predicted molar refractivity (Wildman–Crippen MR) is 115 cm³/mol. The second-order valence-corrected chi connectivity index (χ2v) is 9.48. The lowest BCUT2D eigenvalue weighted by molar-refractivity contribution is 0.0951. The molecule has 2 heterocycles. The lowest BCUT2D eigenvalue weighted by Crippen LogP contribution is -2.28. The lowest BCUT2D eigenvalue weighted by atomic mass is 10.1. The van der Waals surface area contributed by atoms with Gasteiger partial charge in [0.2, 0.25) is 10.0 Å². The molecule has 30 heavy (non-hydrogen) atoms. The van der Waals surface area contributed by atoms with Crippen LogP contribution in [0.2, 0.25) is 5.02 Å². The third kappa shape index (κ3) is 4.26. The molecular formula is C21H21ClN4O3S. The smallest absolute Gasteiger partial charge is 0.255 e. The number of carbonyl (C=O) groups is 1. The highest BCUT2D eigenvalue weighted by molar-refractivity contribution is 7.89. The fourth-order valence-corrected chi connectivity index (χ4v) is 5.07.